The monoisotopic (exact) mass is 191 g/mol. The summed E-state index contributed by atoms with van der Waals surface area (Å²) in [5, 5.41) is 2.89. The lowest BCUT2D eigenvalue weighted by Crippen LogP contribution is -2.50. The molecule has 0 bridgehead atoms. The van der Waals surface area contributed by atoms with Gasteiger partial charge < -0.3 is 11.1 Å². The van der Waals surface area contributed by atoms with Crippen molar-refractivity contribution in [1.29, 1.82) is 0 Å². The molecule has 1 amide bonds. The van der Waals surface area contributed by atoms with Crippen LogP contribution in [0.25, 0.3) is 0 Å². The van der Waals surface area contributed by atoms with Crippen LogP contribution in [0, 0.1) is 6.92 Å². The zero-order valence-corrected chi connectivity index (χ0v) is 8.34. The first-order valence-electron chi connectivity index (χ1n) is 4.93. The van der Waals surface area contributed by atoms with Crippen LogP contribution in [0.5, 0.6) is 0 Å². The number of aryl methyl sites for hydroxylation is 1. The minimum Gasteiger partial charge on any atom is -0.358 e. The summed E-state index contributed by atoms with van der Waals surface area (Å²) in [6, 6.07) is 6.09. The molecule has 1 aromatic rings. The quantitative estimate of drug-likeness (QED) is 0.709. The minimum atomic E-state index is 0.0161. The summed E-state index contributed by atoms with van der Waals surface area (Å²) >= 11 is 0. The van der Waals surface area contributed by atoms with Crippen LogP contribution in [0.2, 0.25) is 0 Å². The second-order valence-corrected chi connectivity index (χ2v) is 3.77. The fourth-order valence-corrected chi connectivity index (χ4v) is 1.94. The number of hydrogen-bond acceptors (Lipinski definition) is 1. The summed E-state index contributed by atoms with van der Waals surface area (Å²) in [6.45, 7) is 2.84. The first-order valence-corrected chi connectivity index (χ1v) is 4.93. The van der Waals surface area contributed by atoms with Crippen LogP contribution in [0.1, 0.15) is 23.5 Å². The molecule has 0 radical (unpaired) electrons. The molecule has 3 nitrogen and oxygen atoms in total. The maximum atomic E-state index is 11.6. The van der Waals surface area contributed by atoms with E-state index in [2.05, 4.69) is 17.1 Å². The van der Waals surface area contributed by atoms with Gasteiger partial charge in [0.1, 0.15) is 0 Å². The number of amides is 1. The largest absolute Gasteiger partial charge is 0.358 e. The Kier molecular flexibility index (Phi) is 2.25. The number of anilines is 1. The molecule has 1 heterocycles. The van der Waals surface area contributed by atoms with Gasteiger partial charge in [0, 0.05) is 12.1 Å². The van der Waals surface area contributed by atoms with Gasteiger partial charge in [-0.2, -0.15) is 0 Å². The molecule has 0 saturated carbocycles. The molecule has 3 heteroatoms. The summed E-state index contributed by atoms with van der Waals surface area (Å²) in [4.78, 5) is 11.6. The number of rotatable bonds is 2. The van der Waals surface area contributed by atoms with Gasteiger partial charge in [-0.25, -0.2) is 0 Å². The summed E-state index contributed by atoms with van der Waals surface area (Å²) in [5.41, 5.74) is 7.11. The molecule has 1 atom stereocenters. The van der Waals surface area contributed by atoms with E-state index in [-0.39, 0.29) is 11.8 Å². The maximum Gasteiger partial charge on any atom is 0.232 e. The molecular weight excluding hydrogens is 176 g/mol. The van der Waals surface area contributed by atoms with Crippen LogP contribution in [0.15, 0.2) is 18.2 Å². The molecule has 0 fully saturated rings. The van der Waals surface area contributed by atoms with Crippen molar-refractivity contribution in [2.24, 2.45) is 0 Å². The number of hydrogen-bond donors (Lipinski definition) is 2. The highest BCUT2D eigenvalue weighted by atomic mass is 16.2. The van der Waals surface area contributed by atoms with Gasteiger partial charge >= 0.3 is 0 Å². The number of nitrogens with one attached hydrogen (secondary N) is 1. The molecule has 1 aliphatic rings. The van der Waals surface area contributed by atoms with Crippen LogP contribution in [-0.4, -0.2) is 12.5 Å². The zero-order chi connectivity index (χ0) is 10.1. The topological polar surface area (TPSA) is 56.7 Å². The molecule has 0 aromatic heterocycles. The van der Waals surface area contributed by atoms with Crippen LogP contribution in [-0.2, 0) is 4.79 Å². The maximum absolute atomic E-state index is 11.6. The number of benzene rings is 1. The lowest BCUT2D eigenvalue weighted by atomic mass is 9.96. The molecule has 1 aromatic carbocycles. The van der Waals surface area contributed by atoms with E-state index < -0.39 is 0 Å². The number of quaternary nitrogens is 1. The number of carbonyl (C=O) groups excluding carboxylic acids is 1. The lowest BCUT2D eigenvalue weighted by Gasteiger charge is -2.05. The highest BCUT2D eigenvalue weighted by molar-refractivity contribution is 6.02. The minimum absolute atomic E-state index is 0.0161. The Morgan fingerprint density at radius 3 is 3.00 bits per heavy atom. The van der Waals surface area contributed by atoms with Gasteiger partial charge in [-0.05, 0) is 18.6 Å². The Hall–Kier alpha value is -1.35. The molecular formula is C11H15N2O+. The zero-order valence-electron chi connectivity index (χ0n) is 8.34. The third-order valence-corrected chi connectivity index (χ3v) is 2.65. The van der Waals surface area contributed by atoms with Crippen LogP contribution < -0.4 is 11.1 Å². The van der Waals surface area contributed by atoms with E-state index in [0.29, 0.717) is 0 Å². The van der Waals surface area contributed by atoms with Crippen molar-refractivity contribution < 1.29 is 10.5 Å². The molecule has 4 N–H and O–H groups in total. The highest BCUT2D eigenvalue weighted by Gasteiger charge is 2.29. The van der Waals surface area contributed by atoms with Gasteiger partial charge in [-0.15, -0.1) is 0 Å². The molecule has 0 saturated heterocycles. The van der Waals surface area contributed by atoms with Crippen molar-refractivity contribution in [3.8, 4) is 0 Å². The summed E-state index contributed by atoms with van der Waals surface area (Å²) < 4.78 is 0. The Morgan fingerprint density at radius 1 is 1.50 bits per heavy atom. The van der Waals surface area contributed by atoms with E-state index in [1.807, 2.05) is 19.1 Å². The molecule has 2 rings (SSSR count). The highest BCUT2D eigenvalue weighted by Crippen LogP contribution is 2.34. The standard InChI is InChI=1S/C11H14N2O/c1-7-2-3-10-9(6-7)8(4-5-12)11(14)13-10/h2-3,6,8H,4-5,12H2,1H3,(H,13,14)/p+1/t8-/m1/s1. The Labute approximate surface area is 83.3 Å². The molecule has 1 aliphatic heterocycles. The van der Waals surface area contributed by atoms with Crippen molar-refractivity contribution in [3.63, 3.8) is 0 Å². The smallest absolute Gasteiger partial charge is 0.232 e. The molecule has 0 spiro atoms. The van der Waals surface area contributed by atoms with Crippen LogP contribution in [0.3, 0.4) is 0 Å². The van der Waals surface area contributed by atoms with E-state index in [4.69, 9.17) is 0 Å². The van der Waals surface area contributed by atoms with E-state index in [0.717, 1.165) is 24.2 Å². The van der Waals surface area contributed by atoms with E-state index >= 15 is 0 Å². The third-order valence-electron chi connectivity index (χ3n) is 2.65. The number of fused-ring (bicyclic) bond motifs is 1. The van der Waals surface area contributed by atoms with Gasteiger partial charge in [-0.3, -0.25) is 4.79 Å². The van der Waals surface area contributed by atoms with Gasteiger partial charge in [0.05, 0.1) is 12.5 Å². The average molecular weight is 191 g/mol. The lowest BCUT2D eigenvalue weighted by molar-refractivity contribution is -0.368. The number of carbonyl (C=O) groups is 1. The molecule has 74 valence electrons. The average Bonchev–Trinajstić information content (AvgIpc) is 2.45. The molecule has 14 heavy (non-hydrogen) atoms. The van der Waals surface area contributed by atoms with Crippen LogP contribution >= 0.6 is 0 Å². The molecule has 0 aliphatic carbocycles. The normalized spacial score (nSPS) is 19.3. The third kappa shape index (κ3) is 1.40. The Balaban J connectivity index is 2.39. The van der Waals surface area contributed by atoms with Gasteiger partial charge in [0.2, 0.25) is 5.91 Å². The first-order chi connectivity index (χ1) is 6.72. The van der Waals surface area contributed by atoms with Crippen molar-refractivity contribution in [3.05, 3.63) is 29.3 Å². The van der Waals surface area contributed by atoms with Crippen molar-refractivity contribution >= 4 is 11.6 Å². The van der Waals surface area contributed by atoms with Crippen molar-refractivity contribution in [1.82, 2.24) is 0 Å². The van der Waals surface area contributed by atoms with Crippen molar-refractivity contribution in [2.45, 2.75) is 19.3 Å². The van der Waals surface area contributed by atoms with Crippen LogP contribution in [0.4, 0.5) is 5.69 Å². The Bertz CT molecular complexity index is 374. The first kappa shape index (κ1) is 9.21. The molecule has 0 unspecified atom stereocenters. The van der Waals surface area contributed by atoms with Crippen molar-refractivity contribution in [2.75, 3.05) is 11.9 Å². The summed E-state index contributed by atoms with van der Waals surface area (Å²) in [7, 11) is 0. The summed E-state index contributed by atoms with van der Waals surface area (Å²) in [6.07, 6.45) is 0.836. The van der Waals surface area contributed by atoms with Gasteiger partial charge in [-0.1, -0.05) is 17.7 Å². The second-order valence-electron chi connectivity index (χ2n) is 3.77. The van der Waals surface area contributed by atoms with Gasteiger partial charge in [0.15, 0.2) is 0 Å². The SMILES string of the molecule is Cc1ccc2c(c1)[C@@H](CC[NH3+])C(=O)N2. The Morgan fingerprint density at radius 2 is 2.29 bits per heavy atom. The predicted octanol–water partition coefficient (Wildman–Crippen LogP) is 0.663. The fourth-order valence-electron chi connectivity index (χ4n) is 1.94. The van der Waals surface area contributed by atoms with E-state index in [9.17, 15) is 4.79 Å². The predicted molar refractivity (Wildman–Crippen MR) is 54.9 cm³/mol. The van der Waals surface area contributed by atoms with E-state index in [1.165, 1.54) is 5.56 Å². The second kappa shape index (κ2) is 3.42. The van der Waals surface area contributed by atoms with E-state index in [1.54, 1.807) is 0 Å². The fraction of sp³-hybridized carbons (Fsp3) is 0.364. The summed E-state index contributed by atoms with van der Waals surface area (Å²) in [5.74, 6) is 0.136. The van der Waals surface area contributed by atoms with Gasteiger partial charge in [0.25, 0.3) is 0 Å².